The number of aryl methyl sites for hydroxylation is 1. The number of hydrogen-bond acceptors (Lipinski definition) is 3. The van der Waals surface area contributed by atoms with Crippen LogP contribution in [-0.2, 0) is 6.54 Å². The summed E-state index contributed by atoms with van der Waals surface area (Å²) in [6, 6.07) is 7.56. The monoisotopic (exact) mass is 386 g/mol. The van der Waals surface area contributed by atoms with E-state index in [4.69, 9.17) is 4.74 Å². The smallest absolute Gasteiger partial charge is 0.267 e. The van der Waals surface area contributed by atoms with Crippen molar-refractivity contribution in [2.45, 2.75) is 13.5 Å². The number of rotatable bonds is 4. The number of halogens is 2. The van der Waals surface area contributed by atoms with Gasteiger partial charge < -0.3 is 4.74 Å². The van der Waals surface area contributed by atoms with Crippen LogP contribution in [0.4, 0.5) is 0 Å². The summed E-state index contributed by atoms with van der Waals surface area (Å²) >= 11 is 6.59. The summed E-state index contributed by atoms with van der Waals surface area (Å²) in [5.74, 6) is 0.774. The molecule has 2 rings (SSSR count). The largest absolute Gasteiger partial charge is 0.492 e. The van der Waals surface area contributed by atoms with Crippen molar-refractivity contribution in [2.75, 3.05) is 6.61 Å². The summed E-state index contributed by atoms with van der Waals surface area (Å²) in [7, 11) is 0. The van der Waals surface area contributed by atoms with Crippen LogP contribution in [0, 0.1) is 6.92 Å². The third kappa shape index (κ3) is 3.67. The molecule has 6 heteroatoms. The Morgan fingerprint density at radius 2 is 1.95 bits per heavy atom. The van der Waals surface area contributed by atoms with E-state index in [9.17, 15) is 4.79 Å². The fourth-order valence-corrected chi connectivity index (χ4v) is 2.09. The van der Waals surface area contributed by atoms with Gasteiger partial charge >= 0.3 is 0 Å². The molecule has 0 aliphatic carbocycles. The molecule has 0 fully saturated rings. The van der Waals surface area contributed by atoms with E-state index in [1.807, 2.05) is 24.3 Å². The summed E-state index contributed by atoms with van der Waals surface area (Å²) in [4.78, 5) is 16.0. The molecule has 0 saturated heterocycles. The van der Waals surface area contributed by atoms with Crippen molar-refractivity contribution in [3.63, 3.8) is 0 Å². The maximum atomic E-state index is 11.9. The average molecular weight is 388 g/mol. The Morgan fingerprint density at radius 1 is 1.26 bits per heavy atom. The molecule has 4 nitrogen and oxygen atoms in total. The van der Waals surface area contributed by atoms with Crippen molar-refractivity contribution in [3.8, 4) is 5.75 Å². The van der Waals surface area contributed by atoms with Crippen molar-refractivity contribution >= 4 is 31.9 Å². The van der Waals surface area contributed by atoms with Crippen LogP contribution in [0.5, 0.6) is 5.75 Å². The first-order chi connectivity index (χ1) is 9.08. The molecule has 100 valence electrons. The lowest BCUT2D eigenvalue weighted by atomic mass is 10.3. The molecule has 1 aromatic carbocycles. The number of nitrogens with zero attached hydrogens (tertiary/aromatic N) is 2. The van der Waals surface area contributed by atoms with Gasteiger partial charge in [-0.05, 0) is 47.1 Å². The number of aromatic nitrogens is 2. The molecule has 0 radical (unpaired) electrons. The predicted octanol–water partition coefficient (Wildman–Crippen LogP) is 3.16. The Balaban J connectivity index is 1.98. The zero-order valence-corrected chi connectivity index (χ0v) is 13.4. The number of benzene rings is 1. The van der Waals surface area contributed by atoms with Crippen LogP contribution in [0.2, 0.25) is 0 Å². The normalized spacial score (nSPS) is 10.5. The lowest BCUT2D eigenvalue weighted by Gasteiger charge is -2.09. The van der Waals surface area contributed by atoms with Gasteiger partial charge in [0.1, 0.15) is 16.8 Å². The molecule has 1 aromatic heterocycles. The number of ether oxygens (including phenoxy) is 1. The average Bonchev–Trinajstić information content (AvgIpc) is 2.41. The van der Waals surface area contributed by atoms with Crippen LogP contribution in [0.15, 0.2) is 44.3 Å². The molecule has 0 amide bonds. The second kappa shape index (κ2) is 6.34. The van der Waals surface area contributed by atoms with Gasteiger partial charge in [-0.1, -0.05) is 15.9 Å². The minimum atomic E-state index is -0.0908. The van der Waals surface area contributed by atoms with Gasteiger partial charge in [0.15, 0.2) is 0 Å². The molecule has 0 saturated carbocycles. The van der Waals surface area contributed by atoms with Gasteiger partial charge in [0.05, 0.1) is 18.6 Å². The highest BCUT2D eigenvalue weighted by Gasteiger charge is 2.05. The fourth-order valence-electron chi connectivity index (χ4n) is 1.50. The molecular weight excluding hydrogens is 376 g/mol. The summed E-state index contributed by atoms with van der Waals surface area (Å²) in [5.41, 5.74) is 0.599. The molecule has 19 heavy (non-hydrogen) atoms. The lowest BCUT2D eigenvalue weighted by Crippen LogP contribution is -2.24. The lowest BCUT2D eigenvalue weighted by molar-refractivity contribution is 0.295. The maximum absolute atomic E-state index is 11.9. The zero-order valence-electron chi connectivity index (χ0n) is 10.3. The second-order valence-corrected chi connectivity index (χ2v) is 5.65. The Bertz CT molecular complexity index is 624. The third-order valence-electron chi connectivity index (χ3n) is 2.57. The molecule has 2 aromatic rings. The van der Waals surface area contributed by atoms with Crippen LogP contribution in [0.1, 0.15) is 5.69 Å². The van der Waals surface area contributed by atoms with Crippen LogP contribution in [-0.4, -0.2) is 16.2 Å². The quantitative estimate of drug-likeness (QED) is 0.809. The van der Waals surface area contributed by atoms with Crippen molar-refractivity contribution in [1.29, 1.82) is 0 Å². The highest BCUT2D eigenvalue weighted by atomic mass is 79.9. The van der Waals surface area contributed by atoms with Crippen molar-refractivity contribution in [1.82, 2.24) is 9.55 Å². The highest BCUT2D eigenvalue weighted by Crippen LogP contribution is 2.16. The van der Waals surface area contributed by atoms with Crippen LogP contribution < -0.4 is 10.3 Å². The van der Waals surface area contributed by atoms with Gasteiger partial charge in [-0.25, -0.2) is 4.98 Å². The van der Waals surface area contributed by atoms with Gasteiger partial charge in [0.2, 0.25) is 0 Å². The van der Waals surface area contributed by atoms with Crippen molar-refractivity contribution < 1.29 is 4.74 Å². The molecule has 0 unspecified atom stereocenters. The zero-order chi connectivity index (χ0) is 13.8. The van der Waals surface area contributed by atoms with E-state index in [1.54, 1.807) is 6.92 Å². The molecule has 0 aliphatic rings. The van der Waals surface area contributed by atoms with Gasteiger partial charge in [-0.2, -0.15) is 0 Å². The van der Waals surface area contributed by atoms with E-state index >= 15 is 0 Å². The SMILES string of the molecule is Cc1ncn(CCOc2ccc(Br)cc2)c(=O)c1Br. The van der Waals surface area contributed by atoms with Gasteiger partial charge in [0.25, 0.3) is 5.56 Å². The van der Waals surface area contributed by atoms with Crippen molar-refractivity contribution in [3.05, 3.63) is 55.6 Å². The van der Waals surface area contributed by atoms with E-state index in [2.05, 4.69) is 36.8 Å². The summed E-state index contributed by atoms with van der Waals surface area (Å²) < 4.78 is 8.59. The molecule has 0 N–H and O–H groups in total. The molecule has 1 heterocycles. The van der Waals surface area contributed by atoms with E-state index in [-0.39, 0.29) is 5.56 Å². The fraction of sp³-hybridized carbons (Fsp3) is 0.231. The summed E-state index contributed by atoms with van der Waals surface area (Å²) in [6.07, 6.45) is 1.54. The van der Waals surface area contributed by atoms with E-state index in [0.717, 1.165) is 10.2 Å². The molecule has 0 spiro atoms. The van der Waals surface area contributed by atoms with Gasteiger partial charge in [0, 0.05) is 4.47 Å². The Kier molecular flexibility index (Phi) is 4.76. The summed E-state index contributed by atoms with van der Waals surface area (Å²) in [5, 5.41) is 0. The molecule has 0 aliphatic heterocycles. The Morgan fingerprint density at radius 3 is 2.63 bits per heavy atom. The summed E-state index contributed by atoms with van der Waals surface area (Å²) in [6.45, 7) is 2.66. The Hall–Kier alpha value is -1.14. The highest BCUT2D eigenvalue weighted by molar-refractivity contribution is 9.10. The molecular formula is C13H12Br2N2O2. The van der Waals surface area contributed by atoms with E-state index in [1.165, 1.54) is 10.9 Å². The van der Waals surface area contributed by atoms with Crippen LogP contribution >= 0.6 is 31.9 Å². The van der Waals surface area contributed by atoms with Crippen LogP contribution in [0.3, 0.4) is 0 Å². The number of hydrogen-bond donors (Lipinski definition) is 0. The first-order valence-electron chi connectivity index (χ1n) is 5.68. The van der Waals surface area contributed by atoms with Gasteiger partial charge in [-0.3, -0.25) is 9.36 Å². The predicted molar refractivity (Wildman–Crippen MR) is 80.6 cm³/mol. The van der Waals surface area contributed by atoms with Crippen molar-refractivity contribution in [2.24, 2.45) is 0 Å². The van der Waals surface area contributed by atoms with Crippen LogP contribution in [0.25, 0.3) is 0 Å². The minimum Gasteiger partial charge on any atom is -0.492 e. The topological polar surface area (TPSA) is 44.1 Å². The van der Waals surface area contributed by atoms with Gasteiger partial charge in [-0.15, -0.1) is 0 Å². The molecule has 0 bridgehead atoms. The second-order valence-electron chi connectivity index (χ2n) is 3.94. The standard InChI is InChI=1S/C13H12Br2N2O2/c1-9-12(15)13(18)17(8-16-9)6-7-19-11-4-2-10(14)3-5-11/h2-5,8H,6-7H2,1H3. The maximum Gasteiger partial charge on any atom is 0.267 e. The third-order valence-corrected chi connectivity index (χ3v) is 4.01. The van der Waals surface area contributed by atoms with E-state index < -0.39 is 0 Å². The first kappa shape index (κ1) is 14.3. The minimum absolute atomic E-state index is 0.0908. The Labute approximate surface area is 127 Å². The molecule has 0 atom stereocenters. The first-order valence-corrected chi connectivity index (χ1v) is 7.26. The van der Waals surface area contributed by atoms with E-state index in [0.29, 0.717) is 23.3 Å².